The zero-order valence-corrected chi connectivity index (χ0v) is 14.4. The Bertz CT molecular complexity index is 607. The van der Waals surface area contributed by atoms with E-state index in [9.17, 15) is 15.0 Å². The van der Waals surface area contributed by atoms with E-state index in [0.29, 0.717) is 44.5 Å². The quantitative estimate of drug-likeness (QED) is 0.824. The molecular weight excluding hydrogens is 324 g/mol. The molecule has 3 fully saturated rings. The lowest BCUT2D eigenvalue weighted by molar-refractivity contribution is -0.187. The number of hydrogen-bond donors (Lipinski definition) is 2. The highest BCUT2D eigenvalue weighted by molar-refractivity contribution is 5.94. The minimum absolute atomic E-state index is 0.0323. The van der Waals surface area contributed by atoms with Gasteiger partial charge in [-0.3, -0.25) is 9.69 Å². The Morgan fingerprint density at radius 2 is 1.84 bits per heavy atom. The summed E-state index contributed by atoms with van der Waals surface area (Å²) in [4.78, 5) is 16.7. The average molecular weight is 350 g/mol. The van der Waals surface area contributed by atoms with Crippen LogP contribution >= 0.6 is 0 Å². The van der Waals surface area contributed by atoms with Crippen LogP contribution in [0.15, 0.2) is 16.7 Å². The van der Waals surface area contributed by atoms with E-state index < -0.39 is 17.6 Å². The van der Waals surface area contributed by atoms with Crippen LogP contribution in [0.5, 0.6) is 0 Å². The van der Waals surface area contributed by atoms with Crippen LogP contribution < -0.4 is 0 Å². The molecule has 25 heavy (non-hydrogen) atoms. The monoisotopic (exact) mass is 350 g/mol. The minimum Gasteiger partial charge on any atom is -0.467 e. The van der Waals surface area contributed by atoms with E-state index in [1.807, 2.05) is 6.07 Å². The van der Waals surface area contributed by atoms with Crippen molar-refractivity contribution in [2.45, 2.75) is 38.0 Å². The molecule has 1 aliphatic carbocycles. The zero-order chi connectivity index (χ0) is 17.4. The molecule has 3 heterocycles. The number of carbonyl (C=O) groups excluding carboxylic acids is 1. The number of rotatable bonds is 3. The van der Waals surface area contributed by atoms with E-state index in [-0.39, 0.29) is 5.91 Å². The molecule has 0 aromatic carbocycles. The molecule has 2 aliphatic heterocycles. The SMILES string of the molecule is O=C(c1coc(CN2CCOCC2)c1)N1CCC2(CC1)[C@H](O)C[C@@H]2O. The van der Waals surface area contributed by atoms with Gasteiger partial charge in [-0.2, -0.15) is 0 Å². The summed E-state index contributed by atoms with van der Waals surface area (Å²) in [6, 6.07) is 1.83. The lowest BCUT2D eigenvalue weighted by Gasteiger charge is -2.54. The third kappa shape index (κ3) is 3.10. The summed E-state index contributed by atoms with van der Waals surface area (Å²) < 4.78 is 10.9. The number of amides is 1. The van der Waals surface area contributed by atoms with Gasteiger partial charge >= 0.3 is 0 Å². The van der Waals surface area contributed by atoms with Gasteiger partial charge in [0.25, 0.3) is 5.91 Å². The van der Waals surface area contributed by atoms with Gasteiger partial charge in [-0.05, 0) is 18.9 Å². The maximum Gasteiger partial charge on any atom is 0.257 e. The normalized spacial score (nSPS) is 29.6. The minimum atomic E-state index is -0.436. The lowest BCUT2D eigenvalue weighted by atomic mass is 9.58. The fourth-order valence-corrected chi connectivity index (χ4v) is 4.27. The van der Waals surface area contributed by atoms with Gasteiger partial charge in [0.1, 0.15) is 12.0 Å². The Hall–Kier alpha value is -1.41. The Morgan fingerprint density at radius 3 is 2.48 bits per heavy atom. The maximum atomic E-state index is 12.7. The molecule has 1 aromatic heterocycles. The number of morpholine rings is 1. The third-order valence-electron chi connectivity index (χ3n) is 6.14. The molecule has 4 rings (SSSR count). The van der Waals surface area contributed by atoms with Crippen LogP contribution in [0.25, 0.3) is 0 Å². The molecule has 1 aromatic rings. The van der Waals surface area contributed by atoms with E-state index in [0.717, 1.165) is 32.1 Å². The summed E-state index contributed by atoms with van der Waals surface area (Å²) in [6.45, 7) is 5.05. The molecule has 2 saturated heterocycles. The lowest BCUT2D eigenvalue weighted by Crippen LogP contribution is -2.61. The predicted molar refractivity (Wildman–Crippen MR) is 89.0 cm³/mol. The van der Waals surface area contributed by atoms with Crippen molar-refractivity contribution in [1.82, 2.24) is 9.80 Å². The first-order valence-corrected chi connectivity index (χ1v) is 9.11. The van der Waals surface area contributed by atoms with Crippen molar-refractivity contribution in [3.8, 4) is 0 Å². The largest absolute Gasteiger partial charge is 0.467 e. The van der Waals surface area contributed by atoms with Crippen LogP contribution in [0.2, 0.25) is 0 Å². The molecule has 1 spiro atoms. The first kappa shape index (κ1) is 17.0. The summed E-state index contributed by atoms with van der Waals surface area (Å²) in [7, 11) is 0. The standard InChI is InChI=1S/C18H26N2O5/c21-15-10-16(22)18(15)1-3-20(4-2-18)17(23)13-9-14(25-12-13)11-19-5-7-24-8-6-19/h9,12,15-16,21-22H,1-8,10-11H2/t15-,16+. The van der Waals surface area contributed by atoms with E-state index in [4.69, 9.17) is 9.15 Å². The van der Waals surface area contributed by atoms with Gasteiger partial charge in [0.15, 0.2) is 0 Å². The number of hydrogen-bond acceptors (Lipinski definition) is 6. The number of likely N-dealkylation sites (tertiary alicyclic amines) is 1. The first-order valence-electron chi connectivity index (χ1n) is 9.11. The number of nitrogens with zero attached hydrogens (tertiary/aromatic N) is 2. The summed E-state index contributed by atoms with van der Waals surface area (Å²) in [5.74, 6) is 0.763. The molecule has 7 heteroatoms. The van der Waals surface area contributed by atoms with Crippen LogP contribution in [0.1, 0.15) is 35.4 Å². The van der Waals surface area contributed by atoms with Gasteiger partial charge in [0.05, 0.1) is 37.5 Å². The van der Waals surface area contributed by atoms with Crippen LogP contribution in [-0.4, -0.2) is 77.5 Å². The molecule has 1 amide bonds. The van der Waals surface area contributed by atoms with Gasteiger partial charge in [0, 0.05) is 38.0 Å². The fourth-order valence-electron chi connectivity index (χ4n) is 4.27. The molecule has 2 N–H and O–H groups in total. The molecule has 0 radical (unpaired) electrons. The zero-order valence-electron chi connectivity index (χ0n) is 14.4. The third-order valence-corrected chi connectivity index (χ3v) is 6.14. The summed E-state index contributed by atoms with van der Waals surface area (Å²) in [5.41, 5.74) is 0.184. The van der Waals surface area contributed by atoms with Crippen molar-refractivity contribution in [2.75, 3.05) is 39.4 Å². The van der Waals surface area contributed by atoms with Gasteiger partial charge < -0.3 is 24.3 Å². The summed E-state index contributed by atoms with van der Waals surface area (Å²) >= 11 is 0. The number of piperidine rings is 1. The van der Waals surface area contributed by atoms with Crippen LogP contribution in [0.3, 0.4) is 0 Å². The molecule has 0 unspecified atom stereocenters. The van der Waals surface area contributed by atoms with Crippen molar-refractivity contribution >= 4 is 5.91 Å². The molecule has 2 atom stereocenters. The van der Waals surface area contributed by atoms with Gasteiger partial charge in [0.2, 0.25) is 0 Å². The Kier molecular flexibility index (Phi) is 4.58. The number of carbonyl (C=O) groups is 1. The Balaban J connectivity index is 1.34. The maximum absolute atomic E-state index is 12.7. The number of aliphatic hydroxyl groups excluding tert-OH is 2. The summed E-state index contributed by atoms with van der Waals surface area (Å²) in [6.07, 6.45) is 2.43. The van der Waals surface area contributed by atoms with E-state index in [2.05, 4.69) is 4.90 Å². The second-order valence-electron chi connectivity index (χ2n) is 7.48. The van der Waals surface area contributed by atoms with Crippen LogP contribution in [-0.2, 0) is 11.3 Å². The molecule has 0 bridgehead atoms. The van der Waals surface area contributed by atoms with Gasteiger partial charge in [-0.15, -0.1) is 0 Å². The van der Waals surface area contributed by atoms with Crippen molar-refractivity contribution in [2.24, 2.45) is 5.41 Å². The Labute approximate surface area is 147 Å². The second kappa shape index (κ2) is 6.72. The van der Waals surface area contributed by atoms with Crippen molar-refractivity contribution < 1.29 is 24.2 Å². The van der Waals surface area contributed by atoms with Gasteiger partial charge in [-0.25, -0.2) is 0 Å². The smallest absolute Gasteiger partial charge is 0.257 e. The molecule has 7 nitrogen and oxygen atoms in total. The summed E-state index contributed by atoms with van der Waals surface area (Å²) in [5, 5.41) is 20.0. The number of aliphatic hydroxyl groups is 2. The number of furan rings is 1. The van der Waals surface area contributed by atoms with Crippen LogP contribution in [0, 0.1) is 5.41 Å². The van der Waals surface area contributed by atoms with Crippen molar-refractivity contribution in [3.63, 3.8) is 0 Å². The second-order valence-corrected chi connectivity index (χ2v) is 7.48. The topological polar surface area (TPSA) is 86.4 Å². The van der Waals surface area contributed by atoms with Gasteiger partial charge in [-0.1, -0.05) is 0 Å². The van der Waals surface area contributed by atoms with Crippen LogP contribution in [0.4, 0.5) is 0 Å². The van der Waals surface area contributed by atoms with E-state index >= 15 is 0 Å². The Morgan fingerprint density at radius 1 is 1.16 bits per heavy atom. The molecule has 1 saturated carbocycles. The highest BCUT2D eigenvalue weighted by atomic mass is 16.5. The highest BCUT2D eigenvalue weighted by Gasteiger charge is 2.55. The molecule has 138 valence electrons. The molecule has 3 aliphatic rings. The highest BCUT2D eigenvalue weighted by Crippen LogP contribution is 2.49. The first-order chi connectivity index (χ1) is 12.1. The van der Waals surface area contributed by atoms with Crippen molar-refractivity contribution in [3.05, 3.63) is 23.7 Å². The van der Waals surface area contributed by atoms with E-state index in [1.54, 1.807) is 4.90 Å². The predicted octanol–water partition coefficient (Wildman–Crippen LogP) is 0.460. The average Bonchev–Trinajstić information content (AvgIpc) is 3.11. The molecular formula is C18H26N2O5. The van der Waals surface area contributed by atoms with Crippen molar-refractivity contribution in [1.29, 1.82) is 0 Å². The van der Waals surface area contributed by atoms with E-state index in [1.165, 1.54) is 6.26 Å². The number of ether oxygens (including phenoxy) is 1. The fraction of sp³-hybridized carbons (Fsp3) is 0.722.